The summed E-state index contributed by atoms with van der Waals surface area (Å²) in [6.07, 6.45) is 7.03. The van der Waals surface area contributed by atoms with Gasteiger partial charge in [0.2, 0.25) is 0 Å². The van der Waals surface area contributed by atoms with Gasteiger partial charge in [0, 0.05) is 18.6 Å². The van der Waals surface area contributed by atoms with Crippen molar-refractivity contribution in [2.75, 3.05) is 13.1 Å². The second-order valence-electron chi connectivity index (χ2n) is 5.17. The highest BCUT2D eigenvalue weighted by Gasteiger charge is 2.27. The van der Waals surface area contributed by atoms with Gasteiger partial charge in [0.25, 0.3) is 0 Å². The highest BCUT2D eigenvalue weighted by molar-refractivity contribution is 4.83. The largest absolute Gasteiger partial charge is 0.329 e. The lowest BCUT2D eigenvalue weighted by molar-refractivity contribution is 0.0880. The summed E-state index contributed by atoms with van der Waals surface area (Å²) < 4.78 is 0. The van der Waals surface area contributed by atoms with E-state index in [1.807, 2.05) is 0 Å². The molecular formula is C13H28N2. The van der Waals surface area contributed by atoms with E-state index in [0.717, 1.165) is 19.1 Å². The zero-order valence-electron chi connectivity index (χ0n) is 10.7. The monoisotopic (exact) mass is 212 g/mol. The molecule has 1 rings (SSSR count). The van der Waals surface area contributed by atoms with Crippen LogP contribution >= 0.6 is 0 Å². The van der Waals surface area contributed by atoms with Crippen LogP contribution in [0.5, 0.6) is 0 Å². The van der Waals surface area contributed by atoms with Gasteiger partial charge in [0.1, 0.15) is 0 Å². The van der Waals surface area contributed by atoms with Crippen LogP contribution in [-0.4, -0.2) is 30.1 Å². The molecule has 1 fully saturated rings. The smallest absolute Gasteiger partial charge is 0.0244 e. The predicted molar refractivity (Wildman–Crippen MR) is 66.9 cm³/mol. The van der Waals surface area contributed by atoms with E-state index in [1.54, 1.807) is 0 Å². The van der Waals surface area contributed by atoms with Crippen molar-refractivity contribution in [1.29, 1.82) is 0 Å². The molecule has 0 radical (unpaired) electrons. The van der Waals surface area contributed by atoms with Crippen molar-refractivity contribution in [2.24, 2.45) is 11.7 Å². The molecule has 90 valence electrons. The normalized spacial score (nSPS) is 21.2. The minimum Gasteiger partial charge on any atom is -0.329 e. The molecule has 2 heteroatoms. The highest BCUT2D eigenvalue weighted by Crippen LogP contribution is 2.25. The van der Waals surface area contributed by atoms with E-state index < -0.39 is 0 Å². The van der Waals surface area contributed by atoms with Crippen LogP contribution in [0.3, 0.4) is 0 Å². The van der Waals surface area contributed by atoms with Crippen molar-refractivity contribution >= 4 is 0 Å². The van der Waals surface area contributed by atoms with Crippen LogP contribution in [0.2, 0.25) is 0 Å². The van der Waals surface area contributed by atoms with Gasteiger partial charge in [-0.25, -0.2) is 0 Å². The van der Waals surface area contributed by atoms with E-state index in [0.29, 0.717) is 12.0 Å². The fourth-order valence-electron chi connectivity index (χ4n) is 2.97. The summed E-state index contributed by atoms with van der Waals surface area (Å²) >= 11 is 0. The summed E-state index contributed by atoms with van der Waals surface area (Å²) in [5.74, 6) is 0.678. The third kappa shape index (κ3) is 3.46. The maximum absolute atomic E-state index is 5.92. The Hall–Kier alpha value is -0.0800. The summed E-state index contributed by atoms with van der Waals surface area (Å²) in [5.41, 5.74) is 5.92. The van der Waals surface area contributed by atoms with E-state index in [9.17, 15) is 0 Å². The first kappa shape index (κ1) is 13.0. The van der Waals surface area contributed by atoms with Crippen molar-refractivity contribution in [2.45, 2.75) is 65.0 Å². The van der Waals surface area contributed by atoms with E-state index in [2.05, 4.69) is 25.7 Å². The lowest BCUT2D eigenvalue weighted by Gasteiger charge is -2.40. The Morgan fingerprint density at radius 3 is 2.20 bits per heavy atom. The average Bonchev–Trinajstić information content (AvgIpc) is 2.26. The first-order valence-electron chi connectivity index (χ1n) is 6.66. The maximum atomic E-state index is 5.92. The van der Waals surface area contributed by atoms with Gasteiger partial charge >= 0.3 is 0 Å². The molecule has 0 saturated heterocycles. The molecular weight excluding hydrogens is 184 g/mol. The highest BCUT2D eigenvalue weighted by atomic mass is 15.2. The molecule has 1 aliphatic rings. The molecule has 2 nitrogen and oxygen atoms in total. The molecule has 0 amide bonds. The lowest BCUT2D eigenvalue weighted by atomic mass is 9.91. The predicted octanol–water partition coefficient (Wildman–Crippen LogP) is 2.62. The van der Waals surface area contributed by atoms with Crippen LogP contribution in [0.15, 0.2) is 0 Å². The van der Waals surface area contributed by atoms with E-state index in [1.165, 1.54) is 32.1 Å². The molecule has 15 heavy (non-hydrogen) atoms. The van der Waals surface area contributed by atoms with Crippen molar-refractivity contribution < 1.29 is 0 Å². The molecule has 0 aromatic rings. The van der Waals surface area contributed by atoms with Crippen molar-refractivity contribution in [3.05, 3.63) is 0 Å². The van der Waals surface area contributed by atoms with E-state index in [4.69, 9.17) is 5.73 Å². The van der Waals surface area contributed by atoms with Crippen LogP contribution in [0.4, 0.5) is 0 Å². The van der Waals surface area contributed by atoms with Gasteiger partial charge in [-0.05, 0) is 25.3 Å². The Morgan fingerprint density at radius 2 is 1.80 bits per heavy atom. The SMILES string of the molecule is CCN(C1CCCCC1)C(CN)C(C)C. The van der Waals surface area contributed by atoms with Crippen LogP contribution in [-0.2, 0) is 0 Å². The van der Waals surface area contributed by atoms with Crippen molar-refractivity contribution in [3.8, 4) is 0 Å². The number of likely N-dealkylation sites (N-methyl/N-ethyl adjacent to an activating group) is 1. The second-order valence-corrected chi connectivity index (χ2v) is 5.17. The summed E-state index contributed by atoms with van der Waals surface area (Å²) in [4.78, 5) is 2.66. The lowest BCUT2D eigenvalue weighted by Crippen LogP contribution is -2.50. The van der Waals surface area contributed by atoms with Gasteiger partial charge < -0.3 is 5.73 Å². The number of nitrogens with two attached hydrogens (primary N) is 1. The molecule has 0 heterocycles. The quantitative estimate of drug-likeness (QED) is 0.759. The van der Waals surface area contributed by atoms with Crippen LogP contribution in [0, 0.1) is 5.92 Å². The van der Waals surface area contributed by atoms with Crippen LogP contribution < -0.4 is 5.73 Å². The molecule has 0 aromatic heterocycles. The fourth-order valence-corrected chi connectivity index (χ4v) is 2.97. The summed E-state index contributed by atoms with van der Waals surface area (Å²) in [6.45, 7) is 8.83. The molecule has 0 bridgehead atoms. The number of rotatable bonds is 5. The van der Waals surface area contributed by atoms with Crippen molar-refractivity contribution in [1.82, 2.24) is 4.90 Å². The number of nitrogens with zero attached hydrogens (tertiary/aromatic N) is 1. The molecule has 1 unspecified atom stereocenters. The third-order valence-corrected chi connectivity index (χ3v) is 3.85. The van der Waals surface area contributed by atoms with Gasteiger partial charge in [-0.3, -0.25) is 4.90 Å². The fraction of sp³-hybridized carbons (Fsp3) is 1.00. The molecule has 0 aromatic carbocycles. The Kier molecular flexibility index (Phi) is 5.62. The zero-order valence-corrected chi connectivity index (χ0v) is 10.7. The summed E-state index contributed by atoms with van der Waals surface area (Å²) in [7, 11) is 0. The van der Waals surface area contributed by atoms with Gasteiger partial charge in [-0.15, -0.1) is 0 Å². The molecule has 0 spiro atoms. The van der Waals surface area contributed by atoms with Crippen LogP contribution in [0.1, 0.15) is 52.9 Å². The third-order valence-electron chi connectivity index (χ3n) is 3.85. The Labute approximate surface area is 95.2 Å². The van der Waals surface area contributed by atoms with E-state index >= 15 is 0 Å². The maximum Gasteiger partial charge on any atom is 0.0244 e. The Morgan fingerprint density at radius 1 is 1.20 bits per heavy atom. The summed E-state index contributed by atoms with van der Waals surface area (Å²) in [6, 6.07) is 1.39. The van der Waals surface area contributed by atoms with Crippen molar-refractivity contribution in [3.63, 3.8) is 0 Å². The Bertz CT molecular complexity index is 162. The second kappa shape index (κ2) is 6.49. The van der Waals surface area contributed by atoms with Gasteiger partial charge in [-0.1, -0.05) is 40.0 Å². The van der Waals surface area contributed by atoms with E-state index in [-0.39, 0.29) is 0 Å². The summed E-state index contributed by atoms with van der Waals surface area (Å²) in [5, 5.41) is 0. The first-order chi connectivity index (χ1) is 7.20. The zero-order chi connectivity index (χ0) is 11.3. The molecule has 1 saturated carbocycles. The van der Waals surface area contributed by atoms with Gasteiger partial charge in [0.15, 0.2) is 0 Å². The minimum atomic E-state index is 0.582. The molecule has 1 aliphatic carbocycles. The van der Waals surface area contributed by atoms with Gasteiger partial charge in [0.05, 0.1) is 0 Å². The Balaban J connectivity index is 2.58. The first-order valence-corrected chi connectivity index (χ1v) is 6.66. The number of hydrogen-bond donors (Lipinski definition) is 1. The molecule has 2 N–H and O–H groups in total. The molecule has 1 atom stereocenters. The topological polar surface area (TPSA) is 29.3 Å². The minimum absolute atomic E-state index is 0.582. The average molecular weight is 212 g/mol. The molecule has 0 aliphatic heterocycles. The standard InChI is InChI=1S/C13H28N2/c1-4-15(13(10-14)11(2)3)12-8-6-5-7-9-12/h11-13H,4-10,14H2,1-3H3. The van der Waals surface area contributed by atoms with Crippen LogP contribution in [0.25, 0.3) is 0 Å². The number of hydrogen-bond acceptors (Lipinski definition) is 2. The van der Waals surface area contributed by atoms with Gasteiger partial charge in [-0.2, -0.15) is 0 Å².